The molecule has 2 heteroatoms. The van der Waals surface area contributed by atoms with Crippen molar-refractivity contribution in [2.75, 3.05) is 4.90 Å². The number of rotatable bonds is 1. The fourth-order valence-electron chi connectivity index (χ4n) is 3.67. The summed E-state index contributed by atoms with van der Waals surface area (Å²) in [7, 11) is 0. The number of hydrogen-bond donors (Lipinski definition) is 0. The minimum Gasteiger partial charge on any atom is -0.361 e. The summed E-state index contributed by atoms with van der Waals surface area (Å²) >= 11 is 1.89. The Balaban J connectivity index is 2.39. The van der Waals surface area contributed by atoms with E-state index in [1.54, 1.807) is 0 Å². The standard InChI is InChI=1S/C20H25NS/c1-19(2,3)21(20(4,5)6)15-11-9-13-17-18(15)14-10-7-8-12-16(14)22-17/h7-13H,1-6H3. The summed E-state index contributed by atoms with van der Waals surface area (Å²) in [5.41, 5.74) is 1.47. The van der Waals surface area contributed by atoms with E-state index in [1.165, 1.54) is 25.9 Å². The van der Waals surface area contributed by atoms with E-state index in [9.17, 15) is 0 Å². The number of hydrogen-bond acceptors (Lipinski definition) is 2. The number of fused-ring (bicyclic) bond motifs is 3. The van der Waals surface area contributed by atoms with Crippen LogP contribution in [0.4, 0.5) is 5.69 Å². The van der Waals surface area contributed by atoms with Crippen LogP contribution < -0.4 is 4.90 Å². The second-order valence-corrected chi connectivity index (χ2v) is 9.01. The van der Waals surface area contributed by atoms with Gasteiger partial charge in [-0.25, -0.2) is 0 Å². The van der Waals surface area contributed by atoms with E-state index >= 15 is 0 Å². The van der Waals surface area contributed by atoms with Gasteiger partial charge in [0.15, 0.2) is 0 Å². The van der Waals surface area contributed by atoms with Crippen LogP contribution in [0.1, 0.15) is 41.5 Å². The topological polar surface area (TPSA) is 3.24 Å². The fourth-order valence-corrected chi connectivity index (χ4v) is 4.80. The summed E-state index contributed by atoms with van der Waals surface area (Å²) in [6, 6.07) is 15.5. The molecule has 22 heavy (non-hydrogen) atoms. The van der Waals surface area contributed by atoms with Gasteiger partial charge in [-0.15, -0.1) is 11.3 Å². The molecule has 0 amide bonds. The Labute approximate surface area is 137 Å². The predicted octanol–water partition coefficient (Wildman–Crippen LogP) is 6.46. The largest absolute Gasteiger partial charge is 0.361 e. The second kappa shape index (κ2) is 4.99. The first-order valence-corrected chi connectivity index (χ1v) is 8.72. The molecule has 3 rings (SSSR count). The Hall–Kier alpha value is -1.54. The molecule has 116 valence electrons. The zero-order chi connectivity index (χ0) is 16.1. The molecule has 0 radical (unpaired) electrons. The van der Waals surface area contributed by atoms with E-state index in [0.29, 0.717) is 0 Å². The van der Waals surface area contributed by atoms with E-state index in [2.05, 4.69) is 88.9 Å². The molecule has 0 atom stereocenters. The minimum absolute atomic E-state index is 0.0651. The van der Waals surface area contributed by atoms with Gasteiger partial charge in [0.1, 0.15) is 0 Å². The van der Waals surface area contributed by atoms with Gasteiger partial charge in [-0.3, -0.25) is 0 Å². The van der Waals surface area contributed by atoms with Crippen molar-refractivity contribution >= 4 is 37.2 Å². The molecule has 0 N–H and O–H groups in total. The van der Waals surface area contributed by atoms with Crippen LogP contribution in [0.25, 0.3) is 20.2 Å². The highest BCUT2D eigenvalue weighted by atomic mass is 32.1. The van der Waals surface area contributed by atoms with Crippen molar-refractivity contribution in [3.8, 4) is 0 Å². The third kappa shape index (κ3) is 2.50. The molecule has 0 spiro atoms. The van der Waals surface area contributed by atoms with Crippen molar-refractivity contribution in [1.29, 1.82) is 0 Å². The number of thiophene rings is 1. The average Bonchev–Trinajstić information content (AvgIpc) is 2.74. The maximum atomic E-state index is 2.56. The summed E-state index contributed by atoms with van der Waals surface area (Å²) in [5.74, 6) is 0. The lowest BCUT2D eigenvalue weighted by Gasteiger charge is -2.47. The summed E-state index contributed by atoms with van der Waals surface area (Å²) in [6.45, 7) is 13.8. The molecule has 2 aromatic carbocycles. The Bertz CT molecular complexity index is 801. The van der Waals surface area contributed by atoms with Crippen LogP contribution in [0.3, 0.4) is 0 Å². The molecule has 0 saturated carbocycles. The number of nitrogens with zero attached hydrogens (tertiary/aromatic N) is 1. The predicted molar refractivity (Wildman–Crippen MR) is 101 cm³/mol. The SMILES string of the molecule is CC(C)(C)N(c1cccc2sc3ccccc3c12)C(C)(C)C. The van der Waals surface area contributed by atoms with Crippen molar-refractivity contribution in [2.24, 2.45) is 0 Å². The van der Waals surface area contributed by atoms with Gasteiger partial charge in [0.25, 0.3) is 0 Å². The van der Waals surface area contributed by atoms with Gasteiger partial charge in [0.05, 0.1) is 0 Å². The Morgan fingerprint density at radius 3 is 1.95 bits per heavy atom. The number of benzene rings is 2. The maximum Gasteiger partial charge on any atom is 0.0469 e. The van der Waals surface area contributed by atoms with E-state index in [4.69, 9.17) is 0 Å². The molecule has 3 aromatic rings. The molecule has 1 heterocycles. The van der Waals surface area contributed by atoms with Crippen molar-refractivity contribution in [3.63, 3.8) is 0 Å². The molecule has 1 aromatic heterocycles. The lowest BCUT2D eigenvalue weighted by atomic mass is 9.93. The lowest BCUT2D eigenvalue weighted by Crippen LogP contribution is -2.53. The smallest absolute Gasteiger partial charge is 0.0469 e. The summed E-state index contributed by atoms with van der Waals surface area (Å²) in [4.78, 5) is 2.56. The molecule has 0 bridgehead atoms. The van der Waals surface area contributed by atoms with Crippen LogP contribution in [0.5, 0.6) is 0 Å². The van der Waals surface area contributed by atoms with Gasteiger partial charge in [-0.05, 0) is 59.7 Å². The number of anilines is 1. The molecule has 0 saturated heterocycles. The van der Waals surface area contributed by atoms with Crippen molar-refractivity contribution in [3.05, 3.63) is 42.5 Å². The second-order valence-electron chi connectivity index (χ2n) is 7.93. The highest BCUT2D eigenvalue weighted by molar-refractivity contribution is 7.25. The first kappa shape index (κ1) is 15.4. The molecule has 0 aliphatic heterocycles. The van der Waals surface area contributed by atoms with E-state index in [-0.39, 0.29) is 11.1 Å². The van der Waals surface area contributed by atoms with Crippen LogP contribution >= 0.6 is 11.3 Å². The van der Waals surface area contributed by atoms with Gasteiger partial charge in [0.2, 0.25) is 0 Å². The summed E-state index contributed by atoms with van der Waals surface area (Å²) in [6.07, 6.45) is 0. The van der Waals surface area contributed by atoms with Crippen LogP contribution in [0, 0.1) is 0 Å². The molecule has 1 nitrogen and oxygen atoms in total. The molecule has 0 aliphatic carbocycles. The monoisotopic (exact) mass is 311 g/mol. The molecule has 0 fully saturated rings. The fraction of sp³-hybridized carbons (Fsp3) is 0.400. The molecule has 0 unspecified atom stereocenters. The third-order valence-corrected chi connectivity index (χ3v) is 5.10. The van der Waals surface area contributed by atoms with Gasteiger partial charge in [0, 0.05) is 36.9 Å². The van der Waals surface area contributed by atoms with E-state index in [0.717, 1.165) is 0 Å². The van der Waals surface area contributed by atoms with Crippen LogP contribution in [-0.4, -0.2) is 11.1 Å². The molecule has 0 aliphatic rings. The van der Waals surface area contributed by atoms with Crippen molar-refractivity contribution in [1.82, 2.24) is 0 Å². The highest BCUT2D eigenvalue weighted by Crippen LogP contribution is 2.43. The van der Waals surface area contributed by atoms with E-state index < -0.39 is 0 Å². The van der Waals surface area contributed by atoms with Crippen LogP contribution in [0.15, 0.2) is 42.5 Å². The van der Waals surface area contributed by atoms with Gasteiger partial charge < -0.3 is 4.90 Å². The zero-order valence-corrected chi connectivity index (χ0v) is 15.2. The van der Waals surface area contributed by atoms with Gasteiger partial charge >= 0.3 is 0 Å². The Morgan fingerprint density at radius 2 is 1.32 bits per heavy atom. The van der Waals surface area contributed by atoms with Crippen LogP contribution in [0.2, 0.25) is 0 Å². The Morgan fingerprint density at radius 1 is 0.727 bits per heavy atom. The average molecular weight is 311 g/mol. The molecular weight excluding hydrogens is 286 g/mol. The zero-order valence-electron chi connectivity index (χ0n) is 14.4. The van der Waals surface area contributed by atoms with Gasteiger partial charge in [-0.1, -0.05) is 24.3 Å². The highest BCUT2D eigenvalue weighted by Gasteiger charge is 2.33. The normalized spacial score (nSPS) is 13.0. The first-order chi connectivity index (χ1) is 10.2. The van der Waals surface area contributed by atoms with E-state index in [1.807, 2.05) is 11.3 Å². The quantitative estimate of drug-likeness (QED) is 0.498. The first-order valence-electron chi connectivity index (χ1n) is 7.90. The Kier molecular flexibility index (Phi) is 3.48. The van der Waals surface area contributed by atoms with Crippen molar-refractivity contribution in [2.45, 2.75) is 52.6 Å². The van der Waals surface area contributed by atoms with Crippen molar-refractivity contribution < 1.29 is 0 Å². The van der Waals surface area contributed by atoms with Gasteiger partial charge in [-0.2, -0.15) is 0 Å². The molecular formula is C20H25NS. The lowest BCUT2D eigenvalue weighted by molar-refractivity contribution is 0.382. The van der Waals surface area contributed by atoms with Crippen LogP contribution in [-0.2, 0) is 0 Å². The third-order valence-electron chi connectivity index (χ3n) is 3.96. The summed E-state index contributed by atoms with van der Waals surface area (Å²) < 4.78 is 2.74. The maximum absolute atomic E-state index is 2.56. The minimum atomic E-state index is 0.0651. The summed E-state index contributed by atoms with van der Waals surface area (Å²) in [5, 5.41) is 2.77.